The minimum Gasteiger partial charge on any atom is -0.344 e. The van der Waals surface area contributed by atoms with Crippen LogP contribution in [0.15, 0.2) is 210 Å². The van der Waals surface area contributed by atoms with E-state index in [-0.39, 0.29) is 6.17 Å². The second-order valence-electron chi connectivity index (χ2n) is 15.0. The number of nitrogens with zero attached hydrogens (tertiary/aromatic N) is 4. The molecule has 9 aromatic carbocycles. The molecule has 1 N–H and O–H groups in total. The molecule has 2 aliphatic heterocycles. The van der Waals surface area contributed by atoms with Gasteiger partial charge in [0.15, 0.2) is 5.84 Å². The quantitative estimate of drug-likeness (QED) is 0.191. The molecule has 0 spiro atoms. The minimum absolute atomic E-state index is 0.310. The number of aliphatic imine (C=N–C) groups is 2. The largest absolute Gasteiger partial charge is 0.344 e. The molecule has 0 saturated carbocycles. The van der Waals surface area contributed by atoms with Crippen LogP contribution in [-0.4, -0.2) is 16.2 Å². The van der Waals surface area contributed by atoms with Crippen LogP contribution in [0.3, 0.4) is 0 Å². The molecule has 2 aliphatic rings. The third-order valence-electron chi connectivity index (χ3n) is 11.7. The van der Waals surface area contributed by atoms with Crippen molar-refractivity contribution in [2.75, 3.05) is 4.90 Å². The second kappa shape index (κ2) is 12.9. The smallest absolute Gasteiger partial charge is 0.159 e. The molecule has 5 nitrogen and oxygen atoms in total. The van der Waals surface area contributed by atoms with Gasteiger partial charge in [0.2, 0.25) is 0 Å². The molecule has 0 radical (unpaired) electrons. The molecule has 12 rings (SSSR count). The van der Waals surface area contributed by atoms with Gasteiger partial charge in [-0.3, -0.25) is 0 Å². The number of amidine groups is 2. The molecule has 272 valence electrons. The summed E-state index contributed by atoms with van der Waals surface area (Å²) in [5.41, 5.74) is 12.2. The van der Waals surface area contributed by atoms with Crippen molar-refractivity contribution in [3.8, 4) is 16.8 Å². The zero-order chi connectivity index (χ0) is 38.2. The lowest BCUT2D eigenvalue weighted by Crippen LogP contribution is -2.34. The van der Waals surface area contributed by atoms with Crippen LogP contribution in [0.25, 0.3) is 60.2 Å². The van der Waals surface area contributed by atoms with Gasteiger partial charge in [-0.1, -0.05) is 152 Å². The summed E-state index contributed by atoms with van der Waals surface area (Å²) in [6, 6.07) is 71.6. The van der Waals surface area contributed by atoms with E-state index in [1.807, 2.05) is 24.3 Å². The van der Waals surface area contributed by atoms with Crippen molar-refractivity contribution in [2.24, 2.45) is 9.98 Å². The molecule has 0 aliphatic carbocycles. The number of nitrogens with one attached hydrogen (secondary N) is 1. The van der Waals surface area contributed by atoms with E-state index in [9.17, 15) is 0 Å². The van der Waals surface area contributed by atoms with Crippen molar-refractivity contribution >= 4 is 72.1 Å². The van der Waals surface area contributed by atoms with E-state index in [4.69, 9.17) is 9.98 Å². The molecule has 0 saturated heterocycles. The van der Waals surface area contributed by atoms with Crippen molar-refractivity contribution in [1.82, 2.24) is 9.88 Å². The summed E-state index contributed by atoms with van der Waals surface area (Å²) in [6.07, 6.45) is -0.310. The maximum absolute atomic E-state index is 5.29. The number of anilines is 3. The Morgan fingerprint density at radius 1 is 0.466 bits per heavy atom. The molecule has 1 aromatic heterocycles. The van der Waals surface area contributed by atoms with Crippen molar-refractivity contribution in [1.29, 1.82) is 0 Å². The topological polar surface area (TPSA) is 44.9 Å². The lowest BCUT2D eigenvalue weighted by molar-refractivity contribution is 0.674. The summed E-state index contributed by atoms with van der Waals surface area (Å²) in [5.74, 6) is 1.49. The van der Waals surface area contributed by atoms with E-state index < -0.39 is 0 Å². The second-order valence-corrected chi connectivity index (χ2v) is 15.0. The number of hydrogen-bond acceptors (Lipinski definition) is 4. The molecular formula is C53H35N5. The van der Waals surface area contributed by atoms with E-state index in [2.05, 4.69) is 191 Å². The first-order chi connectivity index (χ1) is 28.8. The predicted octanol–water partition coefficient (Wildman–Crippen LogP) is 13.0. The summed E-state index contributed by atoms with van der Waals surface area (Å²) in [7, 11) is 0. The Balaban J connectivity index is 1.12. The standard InChI is InChI=1S/C53H35N5/c1-4-16-34(17-5-1)51-54-52(35-18-6-2-7-19-35)56-53(55-51)43-28-15-26-41-40-25-14-27-42-46(30-31-47(49(40)42)57(50(41)43)38-22-8-3-9-23-38)58-45-29-13-12-24-39(45)44-32-36-20-10-11-21-37(36)33-48(44)58/h1-33,51H,(H,54,55,56). The Labute approximate surface area is 335 Å². The average Bonchev–Trinajstić information content (AvgIpc) is 3.61. The number of benzene rings is 9. The number of rotatable bonds is 5. The van der Waals surface area contributed by atoms with Crippen LogP contribution in [0.1, 0.15) is 22.9 Å². The Morgan fingerprint density at radius 2 is 1.10 bits per heavy atom. The highest BCUT2D eigenvalue weighted by Gasteiger charge is 2.32. The van der Waals surface area contributed by atoms with Crippen LogP contribution in [0.4, 0.5) is 17.1 Å². The van der Waals surface area contributed by atoms with Crippen LogP contribution in [-0.2, 0) is 0 Å². The zero-order valence-electron chi connectivity index (χ0n) is 31.4. The molecule has 0 fully saturated rings. The van der Waals surface area contributed by atoms with Crippen LogP contribution < -0.4 is 10.2 Å². The Morgan fingerprint density at radius 3 is 1.93 bits per heavy atom. The Kier molecular flexibility index (Phi) is 7.23. The van der Waals surface area contributed by atoms with Gasteiger partial charge >= 0.3 is 0 Å². The number of aromatic nitrogens is 1. The van der Waals surface area contributed by atoms with E-state index in [0.717, 1.165) is 50.8 Å². The van der Waals surface area contributed by atoms with Gasteiger partial charge in [-0.15, -0.1) is 0 Å². The summed E-state index contributed by atoms with van der Waals surface area (Å²) in [6.45, 7) is 0. The van der Waals surface area contributed by atoms with Gasteiger partial charge in [-0.2, -0.15) is 0 Å². The zero-order valence-corrected chi connectivity index (χ0v) is 31.4. The van der Waals surface area contributed by atoms with Gasteiger partial charge in [-0.25, -0.2) is 9.98 Å². The van der Waals surface area contributed by atoms with Crippen LogP contribution in [0.2, 0.25) is 0 Å². The first kappa shape index (κ1) is 32.5. The van der Waals surface area contributed by atoms with Crippen molar-refractivity contribution in [3.05, 3.63) is 217 Å². The molecule has 1 atom stereocenters. The fourth-order valence-corrected chi connectivity index (χ4v) is 9.16. The van der Waals surface area contributed by atoms with Crippen LogP contribution >= 0.6 is 0 Å². The third kappa shape index (κ3) is 4.97. The summed E-state index contributed by atoms with van der Waals surface area (Å²) >= 11 is 0. The fraction of sp³-hybridized carbons (Fsp3) is 0.0189. The highest BCUT2D eigenvalue weighted by Crippen LogP contribution is 2.53. The Bertz CT molecular complexity index is 3310. The molecule has 5 heteroatoms. The van der Waals surface area contributed by atoms with Crippen molar-refractivity contribution in [2.45, 2.75) is 6.17 Å². The van der Waals surface area contributed by atoms with E-state index in [1.54, 1.807) is 0 Å². The SMILES string of the molecule is c1ccc(C2=NC(c3ccccc3)NC(c3cccc4c3N(c3ccccc3)c3ccc(-n5c6ccccc6c6cc7ccccc7cc65)c5cccc-4c35)=N2)cc1. The molecule has 1 unspecified atom stereocenters. The Hall–Kier alpha value is -7.76. The molecule has 58 heavy (non-hydrogen) atoms. The van der Waals surface area contributed by atoms with Gasteiger partial charge in [0.05, 0.1) is 28.1 Å². The lowest BCUT2D eigenvalue weighted by atomic mass is 9.88. The molecule has 0 amide bonds. The monoisotopic (exact) mass is 741 g/mol. The highest BCUT2D eigenvalue weighted by molar-refractivity contribution is 6.23. The van der Waals surface area contributed by atoms with Crippen molar-refractivity contribution in [3.63, 3.8) is 0 Å². The maximum atomic E-state index is 5.29. The van der Waals surface area contributed by atoms with Crippen LogP contribution in [0, 0.1) is 0 Å². The predicted molar refractivity (Wildman–Crippen MR) is 241 cm³/mol. The number of fused-ring (bicyclic) bond motifs is 6. The van der Waals surface area contributed by atoms with Gasteiger partial charge < -0.3 is 14.8 Å². The van der Waals surface area contributed by atoms with E-state index in [1.165, 1.54) is 48.9 Å². The van der Waals surface area contributed by atoms with Crippen molar-refractivity contribution < 1.29 is 0 Å². The molecule has 3 heterocycles. The first-order valence-corrected chi connectivity index (χ1v) is 19.8. The van der Waals surface area contributed by atoms with Gasteiger partial charge in [0.25, 0.3) is 0 Å². The van der Waals surface area contributed by atoms with Crippen LogP contribution in [0.5, 0.6) is 0 Å². The normalized spacial score (nSPS) is 14.7. The molecular weight excluding hydrogens is 707 g/mol. The summed E-state index contributed by atoms with van der Waals surface area (Å²) in [4.78, 5) is 12.9. The lowest BCUT2D eigenvalue weighted by Gasteiger charge is -2.36. The molecule has 10 aromatic rings. The molecule has 0 bridgehead atoms. The average molecular weight is 742 g/mol. The summed E-state index contributed by atoms with van der Waals surface area (Å²) < 4.78 is 2.47. The van der Waals surface area contributed by atoms with E-state index in [0.29, 0.717) is 5.84 Å². The third-order valence-corrected chi connectivity index (χ3v) is 11.7. The summed E-state index contributed by atoms with van der Waals surface area (Å²) in [5, 5.41) is 11.1. The fourth-order valence-electron chi connectivity index (χ4n) is 9.16. The van der Waals surface area contributed by atoms with Gasteiger partial charge in [-0.05, 0) is 70.4 Å². The highest BCUT2D eigenvalue weighted by atomic mass is 15.2. The first-order valence-electron chi connectivity index (χ1n) is 19.8. The number of hydrogen-bond donors (Lipinski definition) is 1. The van der Waals surface area contributed by atoms with Gasteiger partial charge in [0.1, 0.15) is 12.0 Å². The number of para-hydroxylation sites is 3. The minimum atomic E-state index is -0.310. The maximum Gasteiger partial charge on any atom is 0.159 e. The van der Waals surface area contributed by atoms with Gasteiger partial charge in [0, 0.05) is 43.9 Å². The van der Waals surface area contributed by atoms with E-state index >= 15 is 0 Å².